The zero-order chi connectivity index (χ0) is 13.1. The molecule has 0 radical (unpaired) electrons. The summed E-state index contributed by atoms with van der Waals surface area (Å²) in [5, 5.41) is 0. The van der Waals surface area contributed by atoms with E-state index in [0.717, 1.165) is 18.4 Å². The molecular formula is C13H19N5O. The van der Waals surface area contributed by atoms with E-state index in [9.17, 15) is 0 Å². The van der Waals surface area contributed by atoms with Crippen molar-refractivity contribution in [3.05, 3.63) is 12.7 Å². The molecule has 19 heavy (non-hydrogen) atoms. The van der Waals surface area contributed by atoms with Gasteiger partial charge in [-0.15, -0.1) is 0 Å². The molecule has 2 aromatic heterocycles. The minimum atomic E-state index is -0.228. The third-order valence-corrected chi connectivity index (χ3v) is 3.78. The lowest BCUT2D eigenvalue weighted by Crippen LogP contribution is -2.45. The molecule has 0 bridgehead atoms. The standard InChI is InChI=1S/C13H19N5O/c14-13(5-3-1-2-4-6-13)7-19-12-10-11(16-8-15-10)17-9-18-12/h8-9H,1-7,14H2,(H,15,16,17,18). The number of hydrogen-bond acceptors (Lipinski definition) is 5. The van der Waals surface area contributed by atoms with Gasteiger partial charge in [-0.05, 0) is 12.8 Å². The van der Waals surface area contributed by atoms with Crippen molar-refractivity contribution < 1.29 is 4.74 Å². The van der Waals surface area contributed by atoms with Gasteiger partial charge in [0.25, 0.3) is 0 Å². The Kier molecular flexibility index (Phi) is 3.33. The zero-order valence-corrected chi connectivity index (χ0v) is 10.9. The van der Waals surface area contributed by atoms with Crippen molar-refractivity contribution in [1.82, 2.24) is 19.9 Å². The van der Waals surface area contributed by atoms with Crippen LogP contribution < -0.4 is 10.5 Å². The van der Waals surface area contributed by atoms with Crippen LogP contribution in [0.25, 0.3) is 11.2 Å². The van der Waals surface area contributed by atoms with Crippen LogP contribution in [-0.2, 0) is 0 Å². The van der Waals surface area contributed by atoms with Crippen molar-refractivity contribution in [1.29, 1.82) is 0 Å². The molecule has 0 aromatic carbocycles. The molecule has 0 spiro atoms. The molecule has 0 aliphatic heterocycles. The third kappa shape index (κ3) is 2.68. The number of ether oxygens (including phenoxy) is 1. The smallest absolute Gasteiger partial charge is 0.243 e. The summed E-state index contributed by atoms with van der Waals surface area (Å²) >= 11 is 0. The van der Waals surface area contributed by atoms with E-state index in [-0.39, 0.29) is 5.54 Å². The van der Waals surface area contributed by atoms with E-state index in [0.29, 0.717) is 18.1 Å². The molecule has 2 aromatic rings. The highest BCUT2D eigenvalue weighted by atomic mass is 16.5. The van der Waals surface area contributed by atoms with Crippen molar-refractivity contribution in [3.63, 3.8) is 0 Å². The highest BCUT2D eigenvalue weighted by Gasteiger charge is 2.27. The van der Waals surface area contributed by atoms with Gasteiger partial charge in [0, 0.05) is 0 Å². The number of nitrogens with zero attached hydrogens (tertiary/aromatic N) is 3. The van der Waals surface area contributed by atoms with Gasteiger partial charge in [-0.2, -0.15) is 4.98 Å². The van der Waals surface area contributed by atoms with Crippen molar-refractivity contribution in [2.45, 2.75) is 44.1 Å². The maximum atomic E-state index is 6.43. The van der Waals surface area contributed by atoms with Crippen molar-refractivity contribution in [2.24, 2.45) is 5.73 Å². The molecule has 2 heterocycles. The van der Waals surface area contributed by atoms with Crippen LogP contribution in [0.15, 0.2) is 12.7 Å². The predicted octanol–water partition coefficient (Wildman–Crippen LogP) is 1.78. The molecule has 1 aliphatic rings. The number of aromatic nitrogens is 4. The Bertz CT molecular complexity index is 545. The van der Waals surface area contributed by atoms with Crippen LogP contribution in [-0.4, -0.2) is 32.1 Å². The molecule has 0 amide bonds. The number of nitrogens with one attached hydrogen (secondary N) is 1. The first-order valence-corrected chi connectivity index (χ1v) is 6.83. The average molecular weight is 261 g/mol. The summed E-state index contributed by atoms with van der Waals surface area (Å²) in [5.41, 5.74) is 7.56. The van der Waals surface area contributed by atoms with Gasteiger partial charge in [-0.3, -0.25) is 0 Å². The Morgan fingerprint density at radius 1 is 1.16 bits per heavy atom. The maximum absolute atomic E-state index is 6.43. The van der Waals surface area contributed by atoms with Crippen LogP contribution in [0.4, 0.5) is 0 Å². The molecule has 6 nitrogen and oxygen atoms in total. The van der Waals surface area contributed by atoms with Gasteiger partial charge >= 0.3 is 0 Å². The molecular weight excluding hydrogens is 242 g/mol. The lowest BCUT2D eigenvalue weighted by molar-refractivity contribution is 0.195. The topological polar surface area (TPSA) is 89.7 Å². The van der Waals surface area contributed by atoms with Gasteiger partial charge in [0.2, 0.25) is 5.88 Å². The molecule has 102 valence electrons. The first-order chi connectivity index (χ1) is 9.27. The van der Waals surface area contributed by atoms with Gasteiger partial charge in [0.05, 0.1) is 11.9 Å². The molecule has 6 heteroatoms. The minimum Gasteiger partial charge on any atom is -0.474 e. The fraction of sp³-hybridized carbons (Fsp3) is 0.615. The number of nitrogens with two attached hydrogens (primary N) is 1. The van der Waals surface area contributed by atoms with Crippen molar-refractivity contribution in [3.8, 4) is 5.88 Å². The highest BCUT2D eigenvalue weighted by Crippen LogP contribution is 2.26. The predicted molar refractivity (Wildman–Crippen MR) is 71.8 cm³/mol. The lowest BCUT2D eigenvalue weighted by Gasteiger charge is -2.27. The van der Waals surface area contributed by atoms with E-state index in [1.807, 2.05) is 0 Å². The fourth-order valence-corrected chi connectivity index (χ4v) is 2.64. The summed E-state index contributed by atoms with van der Waals surface area (Å²) in [5.74, 6) is 0.538. The first kappa shape index (κ1) is 12.3. The highest BCUT2D eigenvalue weighted by molar-refractivity contribution is 5.74. The Morgan fingerprint density at radius 3 is 2.74 bits per heavy atom. The summed E-state index contributed by atoms with van der Waals surface area (Å²) in [6, 6.07) is 0. The quantitative estimate of drug-likeness (QED) is 0.822. The zero-order valence-electron chi connectivity index (χ0n) is 10.9. The van der Waals surface area contributed by atoms with Gasteiger partial charge in [-0.1, -0.05) is 25.7 Å². The number of aromatic amines is 1. The normalized spacial score (nSPS) is 19.2. The van der Waals surface area contributed by atoms with Crippen LogP contribution in [0.5, 0.6) is 5.88 Å². The molecule has 0 atom stereocenters. The SMILES string of the molecule is NC1(COc2ncnc3nc[nH]c23)CCCCCC1. The Balaban J connectivity index is 1.73. The number of fused-ring (bicyclic) bond motifs is 1. The van der Waals surface area contributed by atoms with Gasteiger partial charge in [0.15, 0.2) is 5.65 Å². The minimum absolute atomic E-state index is 0.228. The average Bonchev–Trinajstić information content (AvgIpc) is 2.80. The van der Waals surface area contributed by atoms with Crippen molar-refractivity contribution in [2.75, 3.05) is 6.61 Å². The monoisotopic (exact) mass is 261 g/mol. The van der Waals surface area contributed by atoms with Crippen LogP contribution in [0.2, 0.25) is 0 Å². The molecule has 1 aliphatic carbocycles. The second-order valence-electron chi connectivity index (χ2n) is 5.35. The summed E-state index contributed by atoms with van der Waals surface area (Å²) in [6.07, 6.45) is 10.0. The molecule has 1 fully saturated rings. The number of rotatable bonds is 3. The second kappa shape index (κ2) is 5.13. The van der Waals surface area contributed by atoms with E-state index in [1.165, 1.54) is 32.0 Å². The van der Waals surface area contributed by atoms with E-state index in [4.69, 9.17) is 10.5 Å². The largest absolute Gasteiger partial charge is 0.474 e. The summed E-state index contributed by atoms with van der Waals surface area (Å²) in [7, 11) is 0. The Hall–Kier alpha value is -1.69. The summed E-state index contributed by atoms with van der Waals surface area (Å²) in [6.45, 7) is 0.498. The van der Waals surface area contributed by atoms with Crippen LogP contribution in [0.3, 0.4) is 0 Å². The van der Waals surface area contributed by atoms with Crippen LogP contribution >= 0.6 is 0 Å². The van der Waals surface area contributed by atoms with Gasteiger partial charge in [0.1, 0.15) is 18.5 Å². The van der Waals surface area contributed by atoms with E-state index in [2.05, 4.69) is 19.9 Å². The van der Waals surface area contributed by atoms with Crippen LogP contribution in [0, 0.1) is 0 Å². The molecule has 0 unspecified atom stereocenters. The fourth-order valence-electron chi connectivity index (χ4n) is 2.64. The van der Waals surface area contributed by atoms with E-state index >= 15 is 0 Å². The lowest BCUT2D eigenvalue weighted by atomic mass is 9.93. The molecule has 3 N–H and O–H groups in total. The second-order valence-corrected chi connectivity index (χ2v) is 5.35. The van der Waals surface area contributed by atoms with E-state index < -0.39 is 0 Å². The first-order valence-electron chi connectivity index (χ1n) is 6.83. The molecule has 0 saturated heterocycles. The number of imidazole rings is 1. The number of H-pyrrole nitrogens is 1. The van der Waals surface area contributed by atoms with Crippen LogP contribution in [0.1, 0.15) is 38.5 Å². The molecule has 1 saturated carbocycles. The summed E-state index contributed by atoms with van der Waals surface area (Å²) < 4.78 is 5.83. The maximum Gasteiger partial charge on any atom is 0.243 e. The van der Waals surface area contributed by atoms with Crippen molar-refractivity contribution >= 4 is 11.2 Å². The Labute approximate surface area is 111 Å². The number of hydrogen-bond donors (Lipinski definition) is 2. The Morgan fingerprint density at radius 2 is 1.95 bits per heavy atom. The third-order valence-electron chi connectivity index (χ3n) is 3.78. The van der Waals surface area contributed by atoms with Gasteiger partial charge < -0.3 is 15.5 Å². The van der Waals surface area contributed by atoms with Gasteiger partial charge in [-0.25, -0.2) is 9.97 Å². The molecule has 3 rings (SSSR count). The van der Waals surface area contributed by atoms with E-state index in [1.54, 1.807) is 6.33 Å². The summed E-state index contributed by atoms with van der Waals surface area (Å²) in [4.78, 5) is 15.3.